The lowest BCUT2D eigenvalue weighted by molar-refractivity contribution is 0.311. The number of guanidine groups is 1. The minimum absolute atomic E-state index is 0. The molecule has 1 heterocycles. The Balaban J connectivity index is 0.00000338. The smallest absolute Gasteiger partial charge is 0.191 e. The van der Waals surface area contributed by atoms with Crippen molar-refractivity contribution in [3.8, 4) is 5.75 Å². The number of nitrogens with one attached hydrogen (secondary N) is 2. The van der Waals surface area contributed by atoms with Crippen molar-refractivity contribution in [2.75, 3.05) is 19.7 Å². The number of hydrogen-bond donors (Lipinski definition) is 2. The Labute approximate surface area is 177 Å². The first-order chi connectivity index (χ1) is 12.2. The number of benzene rings is 1. The Bertz CT molecular complexity index is 658. The van der Waals surface area contributed by atoms with E-state index in [1.807, 2.05) is 18.3 Å². The van der Waals surface area contributed by atoms with Gasteiger partial charge in [-0.25, -0.2) is 9.98 Å². The maximum atomic E-state index is 5.74. The molecule has 0 saturated carbocycles. The number of aromatic nitrogens is 1. The van der Waals surface area contributed by atoms with Crippen LogP contribution in [0.5, 0.6) is 5.75 Å². The molecule has 0 fully saturated rings. The van der Waals surface area contributed by atoms with Crippen LogP contribution >= 0.6 is 35.3 Å². The quantitative estimate of drug-likeness (QED) is 0.241. The number of rotatable bonds is 9. The van der Waals surface area contributed by atoms with Crippen LogP contribution in [-0.4, -0.2) is 30.6 Å². The van der Waals surface area contributed by atoms with Gasteiger partial charge in [0.25, 0.3) is 0 Å². The van der Waals surface area contributed by atoms with Crippen LogP contribution in [0.2, 0.25) is 0 Å². The van der Waals surface area contributed by atoms with Crippen molar-refractivity contribution in [1.82, 2.24) is 15.6 Å². The van der Waals surface area contributed by atoms with Gasteiger partial charge in [-0.1, -0.05) is 24.6 Å². The van der Waals surface area contributed by atoms with Crippen molar-refractivity contribution in [1.29, 1.82) is 0 Å². The van der Waals surface area contributed by atoms with E-state index in [0.29, 0.717) is 13.2 Å². The first kappa shape index (κ1) is 22.7. The highest BCUT2D eigenvalue weighted by atomic mass is 127. The van der Waals surface area contributed by atoms with Gasteiger partial charge in [-0.3, -0.25) is 0 Å². The summed E-state index contributed by atoms with van der Waals surface area (Å²) in [6, 6.07) is 8.14. The van der Waals surface area contributed by atoms with Gasteiger partial charge in [-0.05, 0) is 38.8 Å². The van der Waals surface area contributed by atoms with E-state index in [1.54, 1.807) is 11.3 Å². The van der Waals surface area contributed by atoms with Crippen LogP contribution in [0.15, 0.2) is 35.5 Å². The second-order valence-corrected chi connectivity index (χ2v) is 6.91. The van der Waals surface area contributed by atoms with Crippen molar-refractivity contribution >= 4 is 41.3 Å². The Morgan fingerprint density at radius 3 is 2.62 bits per heavy atom. The maximum Gasteiger partial charge on any atom is 0.191 e. The van der Waals surface area contributed by atoms with E-state index in [1.165, 1.54) is 10.4 Å². The topological polar surface area (TPSA) is 58.5 Å². The van der Waals surface area contributed by atoms with Gasteiger partial charge in [-0.15, -0.1) is 35.3 Å². The Morgan fingerprint density at radius 1 is 1.19 bits per heavy atom. The Morgan fingerprint density at radius 2 is 1.96 bits per heavy atom. The van der Waals surface area contributed by atoms with Crippen molar-refractivity contribution < 1.29 is 4.74 Å². The summed E-state index contributed by atoms with van der Waals surface area (Å²) in [6.45, 7) is 9.23. The van der Waals surface area contributed by atoms with Gasteiger partial charge in [0.05, 0.1) is 13.2 Å². The molecule has 0 unspecified atom stereocenters. The zero-order valence-electron chi connectivity index (χ0n) is 15.7. The highest BCUT2D eigenvalue weighted by Crippen LogP contribution is 2.14. The summed E-state index contributed by atoms with van der Waals surface area (Å²) in [6.07, 6.45) is 3.88. The van der Waals surface area contributed by atoms with Gasteiger partial charge in [0.15, 0.2) is 5.96 Å². The molecule has 26 heavy (non-hydrogen) atoms. The van der Waals surface area contributed by atoms with Crippen molar-refractivity contribution in [3.63, 3.8) is 0 Å². The molecule has 2 aromatic rings. The lowest BCUT2D eigenvalue weighted by Crippen LogP contribution is -2.38. The molecule has 144 valence electrons. The molecule has 0 aliphatic carbocycles. The van der Waals surface area contributed by atoms with E-state index < -0.39 is 0 Å². The molecular formula is C19H29IN4OS. The van der Waals surface area contributed by atoms with Crippen molar-refractivity contribution in [2.45, 2.75) is 40.2 Å². The van der Waals surface area contributed by atoms with E-state index in [4.69, 9.17) is 4.74 Å². The highest BCUT2D eigenvalue weighted by molar-refractivity contribution is 14.0. The van der Waals surface area contributed by atoms with E-state index in [9.17, 15) is 0 Å². The zero-order valence-corrected chi connectivity index (χ0v) is 18.9. The summed E-state index contributed by atoms with van der Waals surface area (Å²) in [7, 11) is 0. The van der Waals surface area contributed by atoms with Crippen LogP contribution < -0.4 is 15.4 Å². The third-order valence-electron chi connectivity index (χ3n) is 3.57. The van der Waals surface area contributed by atoms with Gasteiger partial charge in [0.2, 0.25) is 0 Å². The molecule has 0 saturated heterocycles. The predicted octanol–water partition coefficient (Wildman–Crippen LogP) is 4.16. The number of nitrogens with zero attached hydrogens (tertiary/aromatic N) is 2. The molecule has 2 N–H and O–H groups in total. The molecule has 7 heteroatoms. The lowest BCUT2D eigenvalue weighted by Gasteiger charge is -2.11. The fraction of sp³-hybridized carbons (Fsp3) is 0.474. The molecule has 1 aromatic carbocycles. The molecule has 0 atom stereocenters. The Kier molecular flexibility index (Phi) is 11.3. The summed E-state index contributed by atoms with van der Waals surface area (Å²) in [5.41, 5.74) is 1.24. The summed E-state index contributed by atoms with van der Waals surface area (Å²) in [4.78, 5) is 10.3. The average molecular weight is 488 g/mol. The van der Waals surface area contributed by atoms with Gasteiger partial charge in [0.1, 0.15) is 10.8 Å². The van der Waals surface area contributed by atoms with Crippen molar-refractivity contribution in [3.05, 3.63) is 45.9 Å². The first-order valence-electron chi connectivity index (χ1n) is 8.86. The molecule has 5 nitrogen and oxygen atoms in total. The third-order valence-corrected chi connectivity index (χ3v) is 4.70. The fourth-order valence-electron chi connectivity index (χ4n) is 2.18. The fourth-order valence-corrected chi connectivity index (χ4v) is 2.96. The van der Waals surface area contributed by atoms with E-state index >= 15 is 0 Å². The summed E-state index contributed by atoms with van der Waals surface area (Å²) < 4.78 is 5.74. The van der Waals surface area contributed by atoms with Gasteiger partial charge >= 0.3 is 0 Å². The molecule has 0 aliphatic rings. The van der Waals surface area contributed by atoms with Gasteiger partial charge < -0.3 is 15.4 Å². The predicted molar refractivity (Wildman–Crippen MR) is 121 cm³/mol. The van der Waals surface area contributed by atoms with Crippen molar-refractivity contribution in [2.24, 2.45) is 4.99 Å². The third kappa shape index (κ3) is 8.35. The Hall–Kier alpha value is -1.35. The number of ether oxygens (including phenoxy) is 1. The van der Waals surface area contributed by atoms with Crippen LogP contribution in [-0.2, 0) is 13.0 Å². The second kappa shape index (κ2) is 12.9. The molecule has 0 bridgehead atoms. The molecule has 0 radical (unpaired) electrons. The number of thiazole rings is 1. The zero-order chi connectivity index (χ0) is 17.9. The average Bonchev–Trinajstić information content (AvgIpc) is 3.09. The maximum absolute atomic E-state index is 5.74. The lowest BCUT2D eigenvalue weighted by atomic mass is 10.2. The normalized spacial score (nSPS) is 11.0. The SMILES string of the molecule is CCNC(=NCc1ncc(CC)s1)NCCCOc1ccc(C)cc1.I. The second-order valence-electron chi connectivity index (χ2n) is 5.71. The number of hydrogen-bond acceptors (Lipinski definition) is 4. The van der Waals surface area contributed by atoms with Gasteiger partial charge in [-0.2, -0.15) is 0 Å². The highest BCUT2D eigenvalue weighted by Gasteiger charge is 2.02. The standard InChI is InChI=1S/C19H28N4OS.HI/c1-4-17-13-22-18(25-17)14-23-19(20-5-2)21-11-6-12-24-16-9-7-15(3)8-10-16;/h7-10,13H,4-6,11-12,14H2,1-3H3,(H2,20,21,23);1H. The van der Waals surface area contributed by atoms with Gasteiger partial charge in [0, 0.05) is 24.2 Å². The molecule has 0 amide bonds. The molecule has 0 spiro atoms. The summed E-state index contributed by atoms with van der Waals surface area (Å²) >= 11 is 1.73. The molecule has 1 aromatic heterocycles. The molecular weight excluding hydrogens is 459 g/mol. The number of aryl methyl sites for hydroxylation is 2. The largest absolute Gasteiger partial charge is 0.494 e. The molecule has 2 rings (SSSR count). The van der Waals surface area contributed by atoms with Crippen LogP contribution in [0.25, 0.3) is 0 Å². The van der Waals surface area contributed by atoms with Crippen LogP contribution in [0, 0.1) is 6.92 Å². The minimum Gasteiger partial charge on any atom is -0.494 e. The van der Waals surface area contributed by atoms with E-state index in [-0.39, 0.29) is 24.0 Å². The van der Waals surface area contributed by atoms with E-state index in [2.05, 4.69) is 53.5 Å². The van der Waals surface area contributed by atoms with E-state index in [0.717, 1.165) is 42.6 Å². The number of aliphatic imine (C=N–C) groups is 1. The molecule has 0 aliphatic heterocycles. The monoisotopic (exact) mass is 488 g/mol. The first-order valence-corrected chi connectivity index (χ1v) is 9.68. The summed E-state index contributed by atoms with van der Waals surface area (Å²) in [5, 5.41) is 7.66. The summed E-state index contributed by atoms with van der Waals surface area (Å²) in [5.74, 6) is 1.74. The van der Waals surface area contributed by atoms with Crippen LogP contribution in [0.3, 0.4) is 0 Å². The number of halogens is 1. The minimum atomic E-state index is 0. The van der Waals surface area contributed by atoms with Crippen LogP contribution in [0.4, 0.5) is 0 Å². The van der Waals surface area contributed by atoms with Crippen LogP contribution in [0.1, 0.15) is 35.7 Å².